The van der Waals surface area contributed by atoms with Crippen molar-refractivity contribution >= 4 is 0 Å². The van der Waals surface area contributed by atoms with Crippen LogP contribution in [0, 0.1) is 55.4 Å². The molecule has 0 aliphatic rings. The number of aromatic hydroxyl groups is 2. The smallest absolute Gasteiger partial charge is 0.131 e. The summed E-state index contributed by atoms with van der Waals surface area (Å²) >= 11 is 0. The lowest BCUT2D eigenvalue weighted by atomic mass is 9.89. The van der Waals surface area contributed by atoms with Crippen molar-refractivity contribution in [3.63, 3.8) is 0 Å². The van der Waals surface area contributed by atoms with E-state index < -0.39 is 0 Å². The van der Waals surface area contributed by atoms with E-state index in [0.29, 0.717) is 31.1 Å². The Hall–Kier alpha value is -5.48. The molecule has 0 fully saturated rings. The summed E-state index contributed by atoms with van der Waals surface area (Å²) in [6.45, 7) is 17.6. The number of para-hydroxylation sites is 2. The third-order valence-corrected chi connectivity index (χ3v) is 9.56. The number of hydrogen-bond acceptors (Lipinski definition) is 4. The first-order valence-electron chi connectivity index (χ1n) is 17.7. The lowest BCUT2D eigenvalue weighted by molar-refractivity contribution is 0.248. The molecule has 0 spiro atoms. The summed E-state index contributed by atoms with van der Waals surface area (Å²) in [6.07, 6.45) is 0.641. The van der Waals surface area contributed by atoms with Crippen LogP contribution >= 0.6 is 0 Å². The standard InChI is InChI=1S/C47H48O4/c1-28-20-32(5)44(33(6)21-28)40-26-30(3)24-38(46(40)48)36-14-9-11-16-42(36)50-18-13-19-51-43-17-12-10-15-37(43)39-25-31(4)27-41(47(39)49)45-34(7)22-29(2)23-35(45)8/h9-12,14-17,20-27,48-49H,13,18-19H2,1-8H3. The number of phenols is 2. The van der Waals surface area contributed by atoms with Gasteiger partial charge >= 0.3 is 0 Å². The SMILES string of the molecule is Cc1cc(C)c(-c2cc(C)cc(-c3ccccc3OCCCOc3ccccc3-c3cc(C)cc(-c4c(C)cc(C)cc4C)c3O)c2O)c(C)c1. The van der Waals surface area contributed by atoms with Gasteiger partial charge in [0.05, 0.1) is 13.2 Å². The highest BCUT2D eigenvalue weighted by Crippen LogP contribution is 2.46. The van der Waals surface area contributed by atoms with Crippen molar-refractivity contribution < 1.29 is 19.7 Å². The highest BCUT2D eigenvalue weighted by Gasteiger charge is 2.20. The first kappa shape index (κ1) is 35.3. The average Bonchev–Trinajstić information content (AvgIpc) is 3.07. The van der Waals surface area contributed by atoms with E-state index in [2.05, 4.69) is 91.8 Å². The van der Waals surface area contributed by atoms with Gasteiger partial charge in [0.25, 0.3) is 0 Å². The first-order valence-corrected chi connectivity index (χ1v) is 17.7. The van der Waals surface area contributed by atoms with Crippen LogP contribution < -0.4 is 9.47 Å². The summed E-state index contributed by atoms with van der Waals surface area (Å²) in [5, 5.41) is 23.4. The Kier molecular flexibility index (Phi) is 10.2. The van der Waals surface area contributed by atoms with Crippen LogP contribution in [-0.4, -0.2) is 23.4 Å². The fourth-order valence-corrected chi connectivity index (χ4v) is 7.61. The molecule has 0 radical (unpaired) electrons. The summed E-state index contributed by atoms with van der Waals surface area (Å²) in [7, 11) is 0. The van der Waals surface area contributed by atoms with E-state index in [1.165, 1.54) is 11.1 Å². The van der Waals surface area contributed by atoms with Gasteiger partial charge < -0.3 is 19.7 Å². The van der Waals surface area contributed by atoms with Crippen molar-refractivity contribution in [2.75, 3.05) is 13.2 Å². The van der Waals surface area contributed by atoms with Crippen LogP contribution in [0.4, 0.5) is 0 Å². The van der Waals surface area contributed by atoms with Crippen LogP contribution in [-0.2, 0) is 0 Å². The number of phenolic OH excluding ortho intramolecular Hbond substituents is 2. The van der Waals surface area contributed by atoms with Crippen molar-refractivity contribution in [3.8, 4) is 67.5 Å². The van der Waals surface area contributed by atoms with Gasteiger partial charge in [-0.3, -0.25) is 0 Å². The van der Waals surface area contributed by atoms with Crippen molar-refractivity contribution in [1.29, 1.82) is 0 Å². The molecule has 0 saturated heterocycles. The Morgan fingerprint density at radius 3 is 1.08 bits per heavy atom. The van der Waals surface area contributed by atoms with E-state index in [1.807, 2.05) is 60.7 Å². The van der Waals surface area contributed by atoms with Gasteiger partial charge in [-0.25, -0.2) is 0 Å². The van der Waals surface area contributed by atoms with E-state index in [1.54, 1.807) is 0 Å². The molecule has 0 aromatic heterocycles. The zero-order valence-electron chi connectivity index (χ0n) is 31.1. The van der Waals surface area contributed by atoms with Gasteiger partial charge in [-0.1, -0.05) is 71.8 Å². The number of ether oxygens (including phenoxy) is 2. The molecule has 51 heavy (non-hydrogen) atoms. The molecule has 4 nitrogen and oxygen atoms in total. The molecule has 0 heterocycles. The van der Waals surface area contributed by atoms with Crippen LogP contribution in [0.1, 0.15) is 50.9 Å². The third-order valence-electron chi connectivity index (χ3n) is 9.56. The largest absolute Gasteiger partial charge is 0.507 e. The summed E-state index contributed by atoms with van der Waals surface area (Å²) in [5.41, 5.74) is 16.1. The molecule has 0 amide bonds. The minimum atomic E-state index is 0.252. The zero-order chi connectivity index (χ0) is 36.4. The lowest BCUT2D eigenvalue weighted by Crippen LogP contribution is -2.06. The normalized spacial score (nSPS) is 11.1. The van der Waals surface area contributed by atoms with Crippen molar-refractivity contribution in [3.05, 3.63) is 142 Å². The minimum Gasteiger partial charge on any atom is -0.507 e. The predicted molar refractivity (Wildman–Crippen MR) is 211 cm³/mol. The fourth-order valence-electron chi connectivity index (χ4n) is 7.61. The molecule has 6 aromatic rings. The second-order valence-electron chi connectivity index (χ2n) is 14.0. The Morgan fingerprint density at radius 1 is 0.392 bits per heavy atom. The molecule has 0 atom stereocenters. The molecule has 2 N–H and O–H groups in total. The van der Waals surface area contributed by atoms with Crippen LogP contribution in [0.2, 0.25) is 0 Å². The molecule has 0 bridgehead atoms. The molecule has 0 aliphatic heterocycles. The second-order valence-corrected chi connectivity index (χ2v) is 14.0. The predicted octanol–water partition coefficient (Wildman–Crippen LogP) is 12.1. The Bertz CT molecular complexity index is 2040. The molecular weight excluding hydrogens is 629 g/mol. The van der Waals surface area contributed by atoms with E-state index >= 15 is 0 Å². The van der Waals surface area contributed by atoms with Crippen molar-refractivity contribution in [2.45, 2.75) is 61.8 Å². The molecule has 260 valence electrons. The zero-order valence-corrected chi connectivity index (χ0v) is 31.1. The number of aryl methyl sites for hydroxylation is 8. The van der Waals surface area contributed by atoms with Gasteiger partial charge in [-0.05, 0) is 136 Å². The second kappa shape index (κ2) is 14.8. The molecule has 6 aromatic carbocycles. The van der Waals surface area contributed by atoms with Crippen LogP contribution in [0.15, 0.2) is 97.1 Å². The van der Waals surface area contributed by atoms with Gasteiger partial charge in [0, 0.05) is 39.8 Å². The van der Waals surface area contributed by atoms with Crippen molar-refractivity contribution in [1.82, 2.24) is 0 Å². The maximum atomic E-state index is 11.7. The molecule has 0 aliphatic carbocycles. The highest BCUT2D eigenvalue weighted by molar-refractivity contribution is 5.88. The maximum absolute atomic E-state index is 11.7. The van der Waals surface area contributed by atoms with Gasteiger partial charge in [-0.2, -0.15) is 0 Å². The topological polar surface area (TPSA) is 58.9 Å². The molecule has 0 unspecified atom stereocenters. The number of benzene rings is 6. The molecule has 4 heteroatoms. The lowest BCUT2D eigenvalue weighted by Gasteiger charge is -2.19. The van der Waals surface area contributed by atoms with Crippen LogP contribution in [0.25, 0.3) is 44.5 Å². The highest BCUT2D eigenvalue weighted by atomic mass is 16.5. The Morgan fingerprint density at radius 2 is 0.706 bits per heavy atom. The Balaban J connectivity index is 1.20. The summed E-state index contributed by atoms with van der Waals surface area (Å²) in [6, 6.07) is 32.6. The van der Waals surface area contributed by atoms with Gasteiger partial charge in [-0.15, -0.1) is 0 Å². The van der Waals surface area contributed by atoms with E-state index in [-0.39, 0.29) is 11.5 Å². The number of hydrogen-bond donors (Lipinski definition) is 2. The van der Waals surface area contributed by atoms with Gasteiger partial charge in [0.15, 0.2) is 0 Å². The van der Waals surface area contributed by atoms with Gasteiger partial charge in [0.2, 0.25) is 0 Å². The molecule has 6 rings (SSSR count). The van der Waals surface area contributed by atoms with Gasteiger partial charge in [0.1, 0.15) is 23.0 Å². The van der Waals surface area contributed by atoms with Crippen molar-refractivity contribution in [2.24, 2.45) is 0 Å². The van der Waals surface area contributed by atoms with E-state index in [9.17, 15) is 10.2 Å². The third kappa shape index (κ3) is 7.37. The fraction of sp³-hybridized carbons (Fsp3) is 0.234. The number of rotatable bonds is 10. The van der Waals surface area contributed by atoms with Crippen LogP contribution in [0.3, 0.4) is 0 Å². The van der Waals surface area contributed by atoms with Crippen LogP contribution in [0.5, 0.6) is 23.0 Å². The minimum absolute atomic E-state index is 0.252. The Labute approximate surface area is 303 Å². The quantitative estimate of drug-likeness (QED) is 0.142. The van der Waals surface area contributed by atoms with E-state index in [4.69, 9.17) is 9.47 Å². The average molecular weight is 677 g/mol. The summed E-state index contributed by atoms with van der Waals surface area (Å²) in [5.74, 6) is 1.92. The molecule has 0 saturated carbocycles. The monoisotopic (exact) mass is 676 g/mol. The summed E-state index contributed by atoms with van der Waals surface area (Å²) < 4.78 is 12.7. The van der Waals surface area contributed by atoms with E-state index in [0.717, 1.165) is 77.9 Å². The maximum Gasteiger partial charge on any atom is 0.131 e. The summed E-state index contributed by atoms with van der Waals surface area (Å²) in [4.78, 5) is 0. The first-order chi connectivity index (χ1) is 24.4. The molecular formula is C47H48O4.